The molecule has 0 heterocycles. The molecule has 0 bridgehead atoms. The predicted octanol–water partition coefficient (Wildman–Crippen LogP) is 2.21. The highest BCUT2D eigenvalue weighted by molar-refractivity contribution is 5.41. The second-order valence-electron chi connectivity index (χ2n) is 5.50. The van der Waals surface area contributed by atoms with Crippen molar-refractivity contribution in [3.63, 3.8) is 0 Å². The number of benzene rings is 1. The molecule has 1 fully saturated rings. The van der Waals surface area contributed by atoms with Crippen LogP contribution in [0.1, 0.15) is 37.8 Å². The zero-order valence-electron chi connectivity index (χ0n) is 11.6. The second-order valence-corrected chi connectivity index (χ2v) is 5.50. The molecule has 0 spiro atoms. The molecular weight excluding hydrogens is 242 g/mol. The van der Waals surface area contributed by atoms with E-state index in [-0.39, 0.29) is 23.8 Å². The van der Waals surface area contributed by atoms with Gasteiger partial charge in [-0.1, -0.05) is 6.07 Å². The highest BCUT2D eigenvalue weighted by atomic mass is 16.5. The lowest BCUT2D eigenvalue weighted by Crippen LogP contribution is -2.27. The number of hydrogen-bond acceptors (Lipinski definition) is 4. The van der Waals surface area contributed by atoms with E-state index in [1.54, 1.807) is 13.2 Å². The van der Waals surface area contributed by atoms with Crippen molar-refractivity contribution in [2.24, 2.45) is 5.41 Å². The van der Waals surface area contributed by atoms with Crippen LogP contribution in [0.3, 0.4) is 0 Å². The molecule has 2 rings (SSSR count). The predicted molar refractivity (Wildman–Crippen MR) is 74.4 cm³/mol. The van der Waals surface area contributed by atoms with Gasteiger partial charge in [-0.25, -0.2) is 0 Å². The van der Waals surface area contributed by atoms with Crippen LogP contribution < -0.4 is 10.1 Å². The minimum atomic E-state index is 0.0853. The van der Waals surface area contributed by atoms with Gasteiger partial charge in [0.25, 0.3) is 0 Å². The lowest BCUT2D eigenvalue weighted by Gasteiger charge is -2.20. The Bertz CT molecular complexity index is 429. The summed E-state index contributed by atoms with van der Waals surface area (Å²) in [6.45, 7) is 3.18. The Balaban J connectivity index is 1.94. The first-order valence-corrected chi connectivity index (χ1v) is 6.81. The van der Waals surface area contributed by atoms with Crippen LogP contribution in [0.4, 0.5) is 0 Å². The lowest BCUT2D eigenvalue weighted by atomic mass is 10.0. The maximum atomic E-state index is 9.98. The Labute approximate surface area is 114 Å². The van der Waals surface area contributed by atoms with Crippen molar-refractivity contribution < 1.29 is 14.9 Å². The van der Waals surface area contributed by atoms with Crippen molar-refractivity contribution in [3.05, 3.63) is 23.8 Å². The first kappa shape index (κ1) is 14.2. The summed E-state index contributed by atoms with van der Waals surface area (Å²) in [5.74, 6) is 0.916. The molecule has 1 unspecified atom stereocenters. The van der Waals surface area contributed by atoms with E-state index in [1.165, 1.54) is 12.8 Å². The van der Waals surface area contributed by atoms with Crippen LogP contribution in [0.15, 0.2) is 18.2 Å². The SMILES string of the molecule is COc1ccc(C(C)NCC2(CCO)CC2)c(O)c1. The number of rotatable bonds is 7. The number of hydrogen-bond donors (Lipinski definition) is 3. The molecule has 4 heteroatoms. The maximum Gasteiger partial charge on any atom is 0.124 e. The first-order valence-electron chi connectivity index (χ1n) is 6.81. The van der Waals surface area contributed by atoms with E-state index in [9.17, 15) is 5.11 Å². The average Bonchev–Trinajstić information content (AvgIpc) is 3.16. The smallest absolute Gasteiger partial charge is 0.124 e. The number of phenolic OH excluding ortho intramolecular Hbond substituents is 1. The molecule has 0 radical (unpaired) electrons. The molecule has 0 saturated heterocycles. The van der Waals surface area contributed by atoms with Crippen LogP contribution in [0.2, 0.25) is 0 Å². The fraction of sp³-hybridized carbons (Fsp3) is 0.600. The van der Waals surface area contributed by atoms with Crippen molar-refractivity contribution in [1.29, 1.82) is 0 Å². The largest absolute Gasteiger partial charge is 0.507 e. The van der Waals surface area contributed by atoms with Crippen molar-refractivity contribution in [2.75, 3.05) is 20.3 Å². The minimum absolute atomic E-state index is 0.0853. The third-order valence-corrected chi connectivity index (χ3v) is 4.09. The van der Waals surface area contributed by atoms with E-state index in [0.717, 1.165) is 18.5 Å². The molecule has 1 atom stereocenters. The van der Waals surface area contributed by atoms with E-state index >= 15 is 0 Å². The topological polar surface area (TPSA) is 61.7 Å². The Morgan fingerprint density at radius 2 is 2.16 bits per heavy atom. The Morgan fingerprint density at radius 3 is 2.68 bits per heavy atom. The monoisotopic (exact) mass is 265 g/mol. The minimum Gasteiger partial charge on any atom is -0.507 e. The average molecular weight is 265 g/mol. The van der Waals surface area contributed by atoms with E-state index in [4.69, 9.17) is 9.84 Å². The molecule has 1 saturated carbocycles. The van der Waals surface area contributed by atoms with Crippen LogP contribution in [0.5, 0.6) is 11.5 Å². The van der Waals surface area contributed by atoms with Crippen LogP contribution in [-0.2, 0) is 0 Å². The van der Waals surface area contributed by atoms with Crippen molar-refractivity contribution in [3.8, 4) is 11.5 Å². The number of nitrogens with one attached hydrogen (secondary N) is 1. The van der Waals surface area contributed by atoms with Gasteiger partial charge in [0.1, 0.15) is 11.5 Å². The molecule has 19 heavy (non-hydrogen) atoms. The molecule has 0 amide bonds. The Hall–Kier alpha value is -1.26. The number of aromatic hydroxyl groups is 1. The van der Waals surface area contributed by atoms with E-state index in [2.05, 4.69) is 5.32 Å². The van der Waals surface area contributed by atoms with Gasteiger partial charge in [-0.2, -0.15) is 0 Å². The second kappa shape index (κ2) is 5.80. The number of aliphatic hydroxyl groups is 1. The van der Waals surface area contributed by atoms with E-state index in [1.807, 2.05) is 19.1 Å². The number of phenols is 1. The van der Waals surface area contributed by atoms with E-state index < -0.39 is 0 Å². The summed E-state index contributed by atoms with van der Waals surface area (Å²) in [7, 11) is 1.59. The summed E-state index contributed by atoms with van der Waals surface area (Å²) < 4.78 is 5.08. The molecule has 0 aromatic heterocycles. The Morgan fingerprint density at radius 1 is 1.42 bits per heavy atom. The highest BCUT2D eigenvalue weighted by Crippen LogP contribution is 2.48. The molecule has 1 aliphatic rings. The van der Waals surface area contributed by atoms with Gasteiger partial charge in [-0.3, -0.25) is 0 Å². The summed E-state index contributed by atoms with van der Waals surface area (Å²) in [5, 5.41) is 22.5. The van der Waals surface area contributed by atoms with Gasteiger partial charge in [0.05, 0.1) is 7.11 Å². The Kier molecular flexibility index (Phi) is 4.32. The molecular formula is C15H23NO3. The summed E-state index contributed by atoms with van der Waals surface area (Å²) in [4.78, 5) is 0. The summed E-state index contributed by atoms with van der Waals surface area (Å²) in [6, 6.07) is 5.46. The van der Waals surface area contributed by atoms with E-state index in [0.29, 0.717) is 5.75 Å². The number of methoxy groups -OCH3 is 1. The zero-order chi connectivity index (χ0) is 13.9. The fourth-order valence-corrected chi connectivity index (χ4v) is 2.43. The molecule has 1 aromatic carbocycles. The summed E-state index contributed by atoms with van der Waals surface area (Å²) in [6.07, 6.45) is 3.23. The van der Waals surface area contributed by atoms with Gasteiger partial charge >= 0.3 is 0 Å². The molecule has 1 aromatic rings. The normalized spacial score (nSPS) is 18.1. The molecule has 3 N–H and O–H groups in total. The zero-order valence-corrected chi connectivity index (χ0v) is 11.6. The van der Waals surface area contributed by atoms with Crippen molar-refractivity contribution in [1.82, 2.24) is 5.32 Å². The van der Waals surface area contributed by atoms with Crippen molar-refractivity contribution >= 4 is 0 Å². The van der Waals surface area contributed by atoms with Crippen LogP contribution in [0, 0.1) is 5.41 Å². The fourth-order valence-electron chi connectivity index (χ4n) is 2.43. The summed E-state index contributed by atoms with van der Waals surface area (Å²) >= 11 is 0. The standard InChI is InChI=1S/C15H23NO3/c1-11(16-10-15(5-6-15)7-8-17)13-4-3-12(19-2)9-14(13)18/h3-4,9,11,16-18H,5-8,10H2,1-2H3. The maximum absolute atomic E-state index is 9.98. The third kappa shape index (κ3) is 3.39. The molecule has 106 valence electrons. The highest BCUT2D eigenvalue weighted by Gasteiger charge is 2.41. The van der Waals surface area contributed by atoms with Gasteiger partial charge in [-0.05, 0) is 37.7 Å². The van der Waals surface area contributed by atoms with Gasteiger partial charge in [0, 0.05) is 30.8 Å². The lowest BCUT2D eigenvalue weighted by molar-refractivity contribution is 0.242. The quantitative estimate of drug-likeness (QED) is 0.707. The molecule has 0 aliphatic heterocycles. The third-order valence-electron chi connectivity index (χ3n) is 4.09. The number of aliphatic hydroxyl groups excluding tert-OH is 1. The molecule has 1 aliphatic carbocycles. The van der Waals surface area contributed by atoms with Crippen LogP contribution in [0.25, 0.3) is 0 Å². The van der Waals surface area contributed by atoms with Gasteiger partial charge in [0.2, 0.25) is 0 Å². The van der Waals surface area contributed by atoms with Gasteiger partial charge in [-0.15, -0.1) is 0 Å². The first-order chi connectivity index (χ1) is 9.10. The number of ether oxygens (including phenoxy) is 1. The van der Waals surface area contributed by atoms with Gasteiger partial charge < -0.3 is 20.3 Å². The van der Waals surface area contributed by atoms with Crippen LogP contribution >= 0.6 is 0 Å². The van der Waals surface area contributed by atoms with Crippen LogP contribution in [-0.4, -0.2) is 30.5 Å². The van der Waals surface area contributed by atoms with Crippen molar-refractivity contribution in [2.45, 2.75) is 32.2 Å². The van der Waals surface area contributed by atoms with Gasteiger partial charge in [0.15, 0.2) is 0 Å². The summed E-state index contributed by atoms with van der Waals surface area (Å²) in [5.41, 5.74) is 1.16. The molecule has 4 nitrogen and oxygen atoms in total.